The highest BCUT2D eigenvalue weighted by Gasteiger charge is 2.02. The topological polar surface area (TPSA) is 29.9 Å². The summed E-state index contributed by atoms with van der Waals surface area (Å²) in [4.78, 5) is 1.31. The molecule has 1 N–H and O–H groups in total. The van der Waals surface area contributed by atoms with E-state index < -0.39 is 0 Å². The van der Waals surface area contributed by atoms with Crippen molar-refractivity contribution in [2.75, 3.05) is 0 Å². The van der Waals surface area contributed by atoms with Crippen molar-refractivity contribution in [1.82, 2.24) is 15.1 Å². The fraction of sp³-hybridized carbons (Fsp3) is 0.417. The molecule has 0 saturated carbocycles. The first-order valence-corrected chi connectivity index (χ1v) is 7.29. The molecule has 0 fully saturated rings. The number of aromatic nitrogens is 2. The fourth-order valence-electron chi connectivity index (χ4n) is 1.49. The van der Waals surface area contributed by atoms with Gasteiger partial charge in [0.2, 0.25) is 0 Å². The molecule has 0 aromatic carbocycles. The van der Waals surface area contributed by atoms with Crippen molar-refractivity contribution in [1.29, 1.82) is 0 Å². The smallest absolute Gasteiger partial charge is 0.0762 e. The van der Waals surface area contributed by atoms with Gasteiger partial charge in [-0.1, -0.05) is 13.8 Å². The molecule has 17 heavy (non-hydrogen) atoms. The predicted octanol–water partition coefficient (Wildman–Crippen LogP) is 3.25. The van der Waals surface area contributed by atoms with Crippen LogP contribution in [0, 0.1) is 0 Å². The van der Waals surface area contributed by atoms with E-state index in [0.29, 0.717) is 6.04 Å². The highest BCUT2D eigenvalue weighted by Crippen LogP contribution is 2.20. The minimum absolute atomic E-state index is 0.494. The summed E-state index contributed by atoms with van der Waals surface area (Å²) in [6, 6.07) is 4.70. The maximum Gasteiger partial charge on any atom is 0.0762 e. The van der Waals surface area contributed by atoms with Crippen LogP contribution < -0.4 is 5.32 Å². The zero-order valence-electron chi connectivity index (χ0n) is 9.98. The van der Waals surface area contributed by atoms with Crippen LogP contribution in [0.1, 0.15) is 24.4 Å². The SMILES string of the molecule is CC(C)NCc1ccn(Cc2cc(Br)cs2)n1. The average Bonchev–Trinajstić information content (AvgIpc) is 2.86. The Hall–Kier alpha value is -0.650. The van der Waals surface area contributed by atoms with Crippen LogP contribution in [0.4, 0.5) is 0 Å². The van der Waals surface area contributed by atoms with E-state index in [4.69, 9.17) is 0 Å². The van der Waals surface area contributed by atoms with Crippen LogP contribution in [0.15, 0.2) is 28.2 Å². The molecule has 0 unspecified atom stereocenters. The standard InChI is InChI=1S/C12H16BrN3S/c1-9(2)14-6-11-3-4-16(15-11)7-12-5-10(13)8-17-12/h3-5,8-9,14H,6-7H2,1-2H3. The maximum absolute atomic E-state index is 4.53. The summed E-state index contributed by atoms with van der Waals surface area (Å²) in [5.74, 6) is 0. The van der Waals surface area contributed by atoms with E-state index in [-0.39, 0.29) is 0 Å². The van der Waals surface area contributed by atoms with Crippen LogP contribution in [0.5, 0.6) is 0 Å². The third-order valence-electron chi connectivity index (χ3n) is 2.33. The monoisotopic (exact) mass is 313 g/mol. The summed E-state index contributed by atoms with van der Waals surface area (Å²) in [5, 5.41) is 9.99. The van der Waals surface area contributed by atoms with Crippen molar-refractivity contribution < 1.29 is 0 Å². The average molecular weight is 314 g/mol. The van der Waals surface area contributed by atoms with Crippen molar-refractivity contribution in [2.45, 2.75) is 33.0 Å². The van der Waals surface area contributed by atoms with Crippen LogP contribution in [0.2, 0.25) is 0 Å². The lowest BCUT2D eigenvalue weighted by atomic mass is 10.3. The van der Waals surface area contributed by atoms with Gasteiger partial charge in [-0.3, -0.25) is 4.68 Å². The Morgan fingerprint density at radius 3 is 3.00 bits per heavy atom. The molecule has 0 spiro atoms. The Balaban J connectivity index is 1.94. The van der Waals surface area contributed by atoms with Crippen LogP contribution in [-0.2, 0) is 13.1 Å². The summed E-state index contributed by atoms with van der Waals surface area (Å²) in [6.45, 7) is 5.96. The molecule has 0 bridgehead atoms. The molecule has 0 radical (unpaired) electrons. The summed E-state index contributed by atoms with van der Waals surface area (Å²) in [6.07, 6.45) is 2.03. The Morgan fingerprint density at radius 1 is 1.53 bits per heavy atom. The first kappa shape index (κ1) is 12.8. The number of hydrogen-bond acceptors (Lipinski definition) is 3. The van der Waals surface area contributed by atoms with Crippen molar-refractivity contribution in [2.24, 2.45) is 0 Å². The summed E-state index contributed by atoms with van der Waals surface area (Å²) in [7, 11) is 0. The quantitative estimate of drug-likeness (QED) is 0.918. The van der Waals surface area contributed by atoms with E-state index in [9.17, 15) is 0 Å². The molecule has 92 valence electrons. The van der Waals surface area contributed by atoms with Crippen molar-refractivity contribution >= 4 is 27.3 Å². The van der Waals surface area contributed by atoms with Gasteiger partial charge in [0, 0.05) is 33.5 Å². The van der Waals surface area contributed by atoms with Gasteiger partial charge in [-0.15, -0.1) is 11.3 Å². The number of hydrogen-bond donors (Lipinski definition) is 1. The first-order chi connectivity index (χ1) is 8.13. The van der Waals surface area contributed by atoms with Crippen LogP contribution in [0.3, 0.4) is 0 Å². The lowest BCUT2D eigenvalue weighted by molar-refractivity contribution is 0.570. The van der Waals surface area contributed by atoms with Gasteiger partial charge in [0.15, 0.2) is 0 Å². The van der Waals surface area contributed by atoms with Gasteiger partial charge < -0.3 is 5.32 Å². The molecule has 0 atom stereocenters. The maximum atomic E-state index is 4.53. The number of halogens is 1. The Bertz CT molecular complexity index is 476. The summed E-state index contributed by atoms with van der Waals surface area (Å²) >= 11 is 5.21. The molecule has 5 heteroatoms. The van der Waals surface area contributed by atoms with Crippen LogP contribution in [-0.4, -0.2) is 15.8 Å². The lowest BCUT2D eigenvalue weighted by Crippen LogP contribution is -2.22. The van der Waals surface area contributed by atoms with Crippen molar-refractivity contribution in [3.63, 3.8) is 0 Å². The second-order valence-corrected chi connectivity index (χ2v) is 6.18. The molecule has 0 saturated heterocycles. The fourth-order valence-corrected chi connectivity index (χ4v) is 2.93. The minimum atomic E-state index is 0.494. The number of rotatable bonds is 5. The molecule has 0 amide bonds. The molecule has 2 rings (SSSR count). The van der Waals surface area contributed by atoms with Gasteiger partial charge in [0.05, 0.1) is 12.2 Å². The molecule has 0 aliphatic heterocycles. The zero-order valence-corrected chi connectivity index (χ0v) is 12.4. The van der Waals surface area contributed by atoms with Crippen molar-refractivity contribution in [3.8, 4) is 0 Å². The Morgan fingerprint density at radius 2 is 2.35 bits per heavy atom. The zero-order chi connectivity index (χ0) is 12.3. The third kappa shape index (κ3) is 3.94. The van der Waals surface area contributed by atoms with Crippen molar-refractivity contribution in [3.05, 3.63) is 38.8 Å². The van der Waals surface area contributed by atoms with E-state index >= 15 is 0 Å². The number of nitrogens with one attached hydrogen (secondary N) is 1. The Labute approximate surface area is 114 Å². The van der Waals surface area contributed by atoms with Gasteiger partial charge in [0.1, 0.15) is 0 Å². The van der Waals surface area contributed by atoms with Gasteiger partial charge >= 0.3 is 0 Å². The molecule has 2 heterocycles. The first-order valence-electron chi connectivity index (χ1n) is 5.62. The highest BCUT2D eigenvalue weighted by atomic mass is 79.9. The van der Waals surface area contributed by atoms with E-state index in [0.717, 1.165) is 23.3 Å². The highest BCUT2D eigenvalue weighted by molar-refractivity contribution is 9.10. The second kappa shape index (κ2) is 5.80. The normalized spacial score (nSPS) is 11.3. The molecular formula is C12H16BrN3S. The summed E-state index contributed by atoms with van der Waals surface area (Å²) in [5.41, 5.74) is 1.09. The second-order valence-electron chi connectivity index (χ2n) is 4.27. The van der Waals surface area contributed by atoms with E-state index in [1.165, 1.54) is 4.88 Å². The molecular weight excluding hydrogens is 298 g/mol. The van der Waals surface area contributed by atoms with E-state index in [1.807, 2.05) is 10.9 Å². The van der Waals surface area contributed by atoms with E-state index in [2.05, 4.69) is 57.7 Å². The summed E-state index contributed by atoms with van der Waals surface area (Å²) < 4.78 is 3.13. The third-order valence-corrected chi connectivity index (χ3v) is 4.01. The number of thiophene rings is 1. The van der Waals surface area contributed by atoms with Gasteiger partial charge in [-0.2, -0.15) is 5.10 Å². The molecule has 0 aliphatic rings. The largest absolute Gasteiger partial charge is 0.309 e. The minimum Gasteiger partial charge on any atom is -0.309 e. The Kier molecular flexibility index (Phi) is 4.36. The van der Waals surface area contributed by atoms with Gasteiger partial charge in [-0.05, 0) is 28.1 Å². The molecule has 0 aliphatic carbocycles. The van der Waals surface area contributed by atoms with Crippen LogP contribution >= 0.6 is 27.3 Å². The lowest BCUT2D eigenvalue weighted by Gasteiger charge is -2.05. The molecule has 2 aromatic heterocycles. The number of nitrogens with zero attached hydrogens (tertiary/aromatic N) is 2. The molecule has 2 aromatic rings. The van der Waals surface area contributed by atoms with Gasteiger partial charge in [0.25, 0.3) is 0 Å². The molecule has 3 nitrogen and oxygen atoms in total. The van der Waals surface area contributed by atoms with Gasteiger partial charge in [-0.25, -0.2) is 0 Å². The van der Waals surface area contributed by atoms with Crippen LogP contribution in [0.25, 0.3) is 0 Å². The van der Waals surface area contributed by atoms with E-state index in [1.54, 1.807) is 11.3 Å². The predicted molar refractivity (Wildman–Crippen MR) is 75.3 cm³/mol.